The van der Waals surface area contributed by atoms with Gasteiger partial charge in [0.25, 0.3) is 8.08 Å². The zero-order valence-corrected chi connectivity index (χ0v) is 10.6. The van der Waals surface area contributed by atoms with E-state index in [0.29, 0.717) is 0 Å². The largest absolute Gasteiger partial charge is 0.307 e. The molecule has 0 fully saturated rings. The number of halogens is 1. The molecule has 0 bridgehead atoms. The van der Waals surface area contributed by atoms with Crippen LogP contribution in [0, 0.1) is 0 Å². The molecule has 0 aliphatic rings. The molecule has 0 saturated carbocycles. The van der Waals surface area contributed by atoms with Crippen molar-refractivity contribution >= 4 is 16.9 Å². The van der Waals surface area contributed by atoms with Gasteiger partial charge >= 0.3 is 0 Å². The molecule has 0 aromatic rings. The van der Waals surface area contributed by atoms with Crippen molar-refractivity contribution in [3.63, 3.8) is 0 Å². The SMILES string of the molecule is CC(C)(C)[Si](F)(P)C(C)(C)C. The van der Waals surface area contributed by atoms with Gasteiger partial charge in [0.15, 0.2) is 0 Å². The zero-order chi connectivity index (χ0) is 9.50. The highest BCUT2D eigenvalue weighted by molar-refractivity contribution is 7.68. The average molecular weight is 194 g/mol. The molecule has 0 nitrogen and oxygen atoms in total. The highest BCUT2D eigenvalue weighted by Gasteiger charge is 2.51. The Morgan fingerprint density at radius 2 is 1.09 bits per heavy atom. The lowest BCUT2D eigenvalue weighted by molar-refractivity contribution is 0.548. The summed E-state index contributed by atoms with van der Waals surface area (Å²) in [6.07, 6.45) is 0. The standard InChI is InChI=1S/C8H20FPSi/c1-7(2,3)11(9,10)8(4,5)6/h10H2,1-6H3. The maximum atomic E-state index is 14.2. The van der Waals surface area contributed by atoms with E-state index < -0.39 is 8.08 Å². The van der Waals surface area contributed by atoms with Crippen LogP contribution in [0.1, 0.15) is 41.5 Å². The van der Waals surface area contributed by atoms with Gasteiger partial charge < -0.3 is 4.11 Å². The molecule has 0 saturated heterocycles. The van der Waals surface area contributed by atoms with Crippen LogP contribution in [0.3, 0.4) is 0 Å². The van der Waals surface area contributed by atoms with Gasteiger partial charge in [-0.2, -0.15) is 0 Å². The maximum Gasteiger partial charge on any atom is 0.275 e. The van der Waals surface area contributed by atoms with Crippen LogP contribution >= 0.6 is 8.79 Å². The van der Waals surface area contributed by atoms with Crippen molar-refractivity contribution in [2.75, 3.05) is 0 Å². The van der Waals surface area contributed by atoms with Gasteiger partial charge in [-0.05, 0) is 10.1 Å². The van der Waals surface area contributed by atoms with Crippen molar-refractivity contribution in [1.82, 2.24) is 0 Å². The zero-order valence-electron chi connectivity index (χ0n) is 8.46. The van der Waals surface area contributed by atoms with Crippen LogP contribution in [0.2, 0.25) is 10.1 Å². The Balaban J connectivity index is 4.75. The second-order valence-corrected chi connectivity index (χ2v) is 12.0. The van der Waals surface area contributed by atoms with Gasteiger partial charge in [-0.3, -0.25) is 0 Å². The van der Waals surface area contributed by atoms with Crippen LogP contribution in [0.25, 0.3) is 0 Å². The number of hydrogen-bond acceptors (Lipinski definition) is 0. The van der Waals surface area contributed by atoms with E-state index in [1.54, 1.807) is 0 Å². The van der Waals surface area contributed by atoms with Crippen molar-refractivity contribution in [2.24, 2.45) is 0 Å². The van der Waals surface area contributed by atoms with Gasteiger partial charge in [-0.25, -0.2) is 0 Å². The lowest BCUT2D eigenvalue weighted by Gasteiger charge is -2.41. The van der Waals surface area contributed by atoms with E-state index in [-0.39, 0.29) is 10.1 Å². The fraction of sp³-hybridized carbons (Fsp3) is 1.00. The summed E-state index contributed by atoms with van der Waals surface area (Å²) >= 11 is 0. The normalized spacial score (nSPS) is 15.3. The topological polar surface area (TPSA) is 0 Å². The summed E-state index contributed by atoms with van der Waals surface area (Å²) in [6, 6.07) is 0. The molecule has 0 rings (SSSR count). The van der Waals surface area contributed by atoms with Crippen LogP contribution in [-0.4, -0.2) is 8.08 Å². The molecule has 0 N–H and O–H groups in total. The van der Waals surface area contributed by atoms with Crippen LogP contribution in [0.4, 0.5) is 4.11 Å². The second-order valence-electron chi connectivity index (χ2n) is 5.21. The first-order valence-corrected chi connectivity index (χ1v) is 7.67. The second kappa shape index (κ2) is 2.81. The van der Waals surface area contributed by atoms with Crippen molar-refractivity contribution in [3.8, 4) is 0 Å². The lowest BCUT2D eigenvalue weighted by atomic mass is 10.2. The van der Waals surface area contributed by atoms with E-state index in [9.17, 15) is 4.11 Å². The van der Waals surface area contributed by atoms with Crippen LogP contribution < -0.4 is 0 Å². The predicted octanol–water partition coefficient (Wildman–Crippen LogP) is 3.87. The summed E-state index contributed by atoms with van der Waals surface area (Å²) < 4.78 is 14.2. The minimum atomic E-state index is -2.69. The Kier molecular flexibility index (Phi) is 2.96. The molecular formula is C8H20FPSi. The van der Waals surface area contributed by atoms with Gasteiger partial charge in [-0.1, -0.05) is 41.5 Å². The minimum absolute atomic E-state index is 0.185. The number of hydrogen-bond donors (Lipinski definition) is 0. The van der Waals surface area contributed by atoms with Crippen molar-refractivity contribution in [3.05, 3.63) is 0 Å². The average Bonchev–Trinajstić information content (AvgIpc) is 1.58. The van der Waals surface area contributed by atoms with E-state index >= 15 is 0 Å². The fourth-order valence-electron chi connectivity index (χ4n) is 1.12. The molecule has 0 aliphatic carbocycles. The van der Waals surface area contributed by atoms with Gasteiger partial charge in [-0.15, -0.1) is 8.79 Å². The van der Waals surface area contributed by atoms with E-state index in [4.69, 9.17) is 0 Å². The first kappa shape index (κ1) is 11.6. The first-order chi connectivity index (χ1) is 4.50. The highest BCUT2D eigenvalue weighted by atomic mass is 31.3. The Morgan fingerprint density at radius 1 is 0.909 bits per heavy atom. The Hall–Kier alpha value is 0.577. The third-order valence-corrected chi connectivity index (χ3v) is 11.7. The summed E-state index contributed by atoms with van der Waals surface area (Å²) in [6.45, 7) is 11.9. The molecule has 3 heteroatoms. The van der Waals surface area contributed by atoms with E-state index in [1.165, 1.54) is 0 Å². The molecule has 0 aromatic heterocycles. The van der Waals surface area contributed by atoms with Gasteiger partial charge in [0.1, 0.15) is 0 Å². The van der Waals surface area contributed by atoms with Gasteiger partial charge in [0.05, 0.1) is 0 Å². The molecule has 11 heavy (non-hydrogen) atoms. The molecule has 1 unspecified atom stereocenters. The predicted molar refractivity (Wildman–Crippen MR) is 56.0 cm³/mol. The monoisotopic (exact) mass is 194 g/mol. The lowest BCUT2D eigenvalue weighted by Crippen LogP contribution is -2.41. The van der Waals surface area contributed by atoms with E-state index in [2.05, 4.69) is 8.79 Å². The quantitative estimate of drug-likeness (QED) is 0.312. The van der Waals surface area contributed by atoms with Crippen LogP contribution in [0.5, 0.6) is 0 Å². The van der Waals surface area contributed by atoms with E-state index in [0.717, 1.165) is 0 Å². The van der Waals surface area contributed by atoms with Crippen molar-refractivity contribution in [2.45, 2.75) is 51.6 Å². The Morgan fingerprint density at radius 3 is 1.09 bits per heavy atom. The third-order valence-electron chi connectivity index (χ3n) is 2.18. The molecule has 0 spiro atoms. The van der Waals surface area contributed by atoms with Gasteiger partial charge in [0.2, 0.25) is 0 Å². The molecule has 68 valence electrons. The third kappa shape index (κ3) is 2.25. The van der Waals surface area contributed by atoms with Gasteiger partial charge in [0, 0.05) is 0 Å². The van der Waals surface area contributed by atoms with Crippen LogP contribution in [-0.2, 0) is 0 Å². The summed E-state index contributed by atoms with van der Waals surface area (Å²) in [7, 11) is -0.211. The molecular weight excluding hydrogens is 174 g/mol. The summed E-state index contributed by atoms with van der Waals surface area (Å²) in [5.74, 6) is 0. The molecule has 1 atom stereocenters. The fourth-order valence-corrected chi connectivity index (χ4v) is 3.38. The minimum Gasteiger partial charge on any atom is -0.307 e. The summed E-state index contributed by atoms with van der Waals surface area (Å²) in [5.41, 5.74) is 0. The van der Waals surface area contributed by atoms with Crippen molar-refractivity contribution in [1.29, 1.82) is 0 Å². The number of rotatable bonds is 0. The Labute approximate surface area is 73.2 Å². The smallest absolute Gasteiger partial charge is 0.275 e. The highest BCUT2D eigenvalue weighted by Crippen LogP contribution is 2.55. The Bertz CT molecular complexity index is 125. The summed E-state index contributed by atoms with van der Waals surface area (Å²) in [5, 5.41) is -0.369. The molecule has 0 aliphatic heterocycles. The van der Waals surface area contributed by atoms with Crippen LogP contribution in [0.15, 0.2) is 0 Å². The molecule has 0 radical (unpaired) electrons. The molecule has 0 aromatic carbocycles. The molecule has 0 amide bonds. The molecule has 0 heterocycles. The van der Waals surface area contributed by atoms with Crippen molar-refractivity contribution < 1.29 is 4.11 Å². The maximum absolute atomic E-state index is 14.2. The first-order valence-electron chi connectivity index (χ1n) is 3.98. The summed E-state index contributed by atoms with van der Waals surface area (Å²) in [4.78, 5) is 0. The van der Waals surface area contributed by atoms with E-state index in [1.807, 2.05) is 41.5 Å².